The molecule has 1 unspecified atom stereocenters. The van der Waals surface area contributed by atoms with Crippen LogP contribution in [0.3, 0.4) is 0 Å². The SMILES string of the molecule is CCC(N)Cc1cc(F)cc(OCc2cc(C)nn2C)c1. The van der Waals surface area contributed by atoms with E-state index < -0.39 is 0 Å². The fraction of sp³-hybridized carbons (Fsp3) is 0.438. The van der Waals surface area contributed by atoms with E-state index in [1.54, 1.807) is 4.68 Å². The monoisotopic (exact) mass is 291 g/mol. The third-order valence-corrected chi connectivity index (χ3v) is 3.44. The van der Waals surface area contributed by atoms with Crippen molar-refractivity contribution in [3.05, 3.63) is 47.0 Å². The number of halogens is 1. The van der Waals surface area contributed by atoms with E-state index in [1.165, 1.54) is 12.1 Å². The molecule has 0 amide bonds. The van der Waals surface area contributed by atoms with Crippen LogP contribution in [0.2, 0.25) is 0 Å². The molecule has 0 fully saturated rings. The lowest BCUT2D eigenvalue weighted by Gasteiger charge is -2.11. The zero-order valence-electron chi connectivity index (χ0n) is 12.8. The lowest BCUT2D eigenvalue weighted by molar-refractivity contribution is 0.293. The van der Waals surface area contributed by atoms with Crippen LogP contribution in [0.15, 0.2) is 24.3 Å². The largest absolute Gasteiger partial charge is 0.487 e. The molecule has 0 aliphatic carbocycles. The molecule has 1 aromatic carbocycles. The molecule has 1 heterocycles. The van der Waals surface area contributed by atoms with E-state index in [0.29, 0.717) is 18.8 Å². The highest BCUT2D eigenvalue weighted by atomic mass is 19.1. The molecule has 1 aromatic heterocycles. The van der Waals surface area contributed by atoms with Gasteiger partial charge in [0.05, 0.1) is 11.4 Å². The predicted octanol–water partition coefficient (Wildman–Crippen LogP) is 2.73. The third-order valence-electron chi connectivity index (χ3n) is 3.44. The fourth-order valence-electron chi connectivity index (χ4n) is 2.23. The molecule has 2 rings (SSSR count). The highest BCUT2D eigenvalue weighted by Gasteiger charge is 2.08. The van der Waals surface area contributed by atoms with E-state index in [4.69, 9.17) is 10.5 Å². The van der Waals surface area contributed by atoms with E-state index in [9.17, 15) is 4.39 Å². The summed E-state index contributed by atoms with van der Waals surface area (Å²) in [5.41, 5.74) is 8.66. The third kappa shape index (κ3) is 4.29. The van der Waals surface area contributed by atoms with Gasteiger partial charge in [0.1, 0.15) is 18.2 Å². The second-order valence-electron chi connectivity index (χ2n) is 5.36. The van der Waals surface area contributed by atoms with Crippen LogP contribution in [-0.2, 0) is 20.1 Å². The number of hydrogen-bond acceptors (Lipinski definition) is 3. The van der Waals surface area contributed by atoms with Gasteiger partial charge in [-0.05, 0) is 43.5 Å². The minimum Gasteiger partial charge on any atom is -0.487 e. The Morgan fingerprint density at radius 2 is 2.10 bits per heavy atom. The van der Waals surface area contributed by atoms with Crippen LogP contribution in [0.25, 0.3) is 0 Å². The van der Waals surface area contributed by atoms with Crippen LogP contribution in [-0.4, -0.2) is 15.8 Å². The summed E-state index contributed by atoms with van der Waals surface area (Å²) >= 11 is 0. The average Bonchev–Trinajstić information content (AvgIpc) is 2.74. The Bertz CT molecular complexity index is 610. The van der Waals surface area contributed by atoms with Crippen molar-refractivity contribution in [2.24, 2.45) is 12.8 Å². The standard InChI is InChI=1S/C16H22FN3O/c1-4-14(18)7-12-6-13(17)9-16(8-12)21-10-15-5-11(2)19-20(15)3/h5-6,8-9,14H,4,7,10,18H2,1-3H3. The van der Waals surface area contributed by atoms with Crippen LogP contribution < -0.4 is 10.5 Å². The summed E-state index contributed by atoms with van der Waals surface area (Å²) in [5, 5.41) is 4.25. The van der Waals surface area contributed by atoms with Crippen LogP contribution in [0.1, 0.15) is 30.3 Å². The summed E-state index contributed by atoms with van der Waals surface area (Å²) in [6.45, 7) is 4.31. The van der Waals surface area contributed by atoms with Gasteiger partial charge in [-0.1, -0.05) is 6.92 Å². The maximum absolute atomic E-state index is 13.7. The first-order valence-electron chi connectivity index (χ1n) is 7.15. The van der Waals surface area contributed by atoms with Gasteiger partial charge in [-0.2, -0.15) is 5.10 Å². The summed E-state index contributed by atoms with van der Waals surface area (Å²) in [6, 6.07) is 6.75. The summed E-state index contributed by atoms with van der Waals surface area (Å²) in [7, 11) is 1.86. The van der Waals surface area contributed by atoms with Crippen LogP contribution in [0.4, 0.5) is 4.39 Å². The first kappa shape index (κ1) is 15.5. The lowest BCUT2D eigenvalue weighted by Crippen LogP contribution is -2.21. The number of aromatic nitrogens is 2. The number of nitrogens with two attached hydrogens (primary N) is 1. The van der Waals surface area contributed by atoms with Crippen molar-refractivity contribution in [3.63, 3.8) is 0 Å². The normalized spacial score (nSPS) is 12.4. The minimum atomic E-state index is -0.299. The Labute approximate surface area is 124 Å². The summed E-state index contributed by atoms with van der Waals surface area (Å²) in [4.78, 5) is 0. The number of benzene rings is 1. The van der Waals surface area contributed by atoms with Crippen molar-refractivity contribution >= 4 is 0 Å². The molecule has 1 atom stereocenters. The second-order valence-corrected chi connectivity index (χ2v) is 5.36. The minimum absolute atomic E-state index is 0.0411. The topological polar surface area (TPSA) is 53.1 Å². The molecule has 0 saturated carbocycles. The fourth-order valence-corrected chi connectivity index (χ4v) is 2.23. The predicted molar refractivity (Wildman–Crippen MR) is 80.6 cm³/mol. The van der Waals surface area contributed by atoms with Crippen LogP contribution in [0.5, 0.6) is 5.75 Å². The van der Waals surface area contributed by atoms with Gasteiger partial charge in [0, 0.05) is 19.2 Å². The Kier molecular flexibility index (Phi) is 4.96. The smallest absolute Gasteiger partial charge is 0.130 e. The molecular formula is C16H22FN3O. The molecule has 2 aromatic rings. The first-order valence-corrected chi connectivity index (χ1v) is 7.15. The van der Waals surface area contributed by atoms with Gasteiger partial charge < -0.3 is 10.5 Å². The van der Waals surface area contributed by atoms with E-state index in [1.807, 2.05) is 33.0 Å². The quantitative estimate of drug-likeness (QED) is 0.890. The molecule has 0 saturated heterocycles. The molecule has 0 aliphatic heterocycles. The summed E-state index contributed by atoms with van der Waals surface area (Å²) in [5.74, 6) is 0.221. The van der Waals surface area contributed by atoms with E-state index >= 15 is 0 Å². The zero-order valence-corrected chi connectivity index (χ0v) is 12.8. The molecule has 0 bridgehead atoms. The van der Waals surface area contributed by atoms with Gasteiger partial charge in [0.15, 0.2) is 0 Å². The highest BCUT2D eigenvalue weighted by molar-refractivity contribution is 5.30. The van der Waals surface area contributed by atoms with Gasteiger partial charge in [0.2, 0.25) is 0 Å². The van der Waals surface area contributed by atoms with E-state index in [0.717, 1.165) is 23.4 Å². The van der Waals surface area contributed by atoms with Gasteiger partial charge in [-0.25, -0.2) is 4.39 Å². The average molecular weight is 291 g/mol. The maximum Gasteiger partial charge on any atom is 0.130 e. The number of hydrogen-bond donors (Lipinski definition) is 1. The van der Waals surface area contributed by atoms with E-state index in [-0.39, 0.29) is 11.9 Å². The van der Waals surface area contributed by atoms with Gasteiger partial charge in [-0.3, -0.25) is 4.68 Å². The Balaban J connectivity index is 2.07. The van der Waals surface area contributed by atoms with Crippen molar-refractivity contribution in [1.82, 2.24) is 9.78 Å². The molecule has 4 nitrogen and oxygen atoms in total. The molecule has 21 heavy (non-hydrogen) atoms. The summed E-state index contributed by atoms with van der Waals surface area (Å²) < 4.78 is 21.1. The van der Waals surface area contributed by atoms with Crippen molar-refractivity contribution in [2.45, 2.75) is 39.3 Å². The van der Waals surface area contributed by atoms with Gasteiger partial charge in [-0.15, -0.1) is 0 Å². The number of rotatable bonds is 6. The Hall–Kier alpha value is -1.88. The zero-order chi connectivity index (χ0) is 15.4. The molecular weight excluding hydrogens is 269 g/mol. The molecule has 0 spiro atoms. The van der Waals surface area contributed by atoms with Crippen molar-refractivity contribution in [3.8, 4) is 5.75 Å². The molecule has 114 valence electrons. The number of nitrogens with zero attached hydrogens (tertiary/aromatic N) is 2. The highest BCUT2D eigenvalue weighted by Crippen LogP contribution is 2.19. The van der Waals surface area contributed by atoms with Crippen LogP contribution in [0, 0.1) is 12.7 Å². The maximum atomic E-state index is 13.7. The molecule has 0 radical (unpaired) electrons. The molecule has 5 heteroatoms. The van der Waals surface area contributed by atoms with Gasteiger partial charge in [0.25, 0.3) is 0 Å². The number of aryl methyl sites for hydroxylation is 2. The Morgan fingerprint density at radius 1 is 1.33 bits per heavy atom. The lowest BCUT2D eigenvalue weighted by atomic mass is 10.0. The summed E-state index contributed by atoms with van der Waals surface area (Å²) in [6.07, 6.45) is 1.51. The molecule has 0 aliphatic rings. The Morgan fingerprint density at radius 3 is 2.71 bits per heavy atom. The van der Waals surface area contributed by atoms with Crippen molar-refractivity contribution < 1.29 is 9.13 Å². The van der Waals surface area contributed by atoms with Gasteiger partial charge >= 0.3 is 0 Å². The second kappa shape index (κ2) is 6.72. The first-order chi connectivity index (χ1) is 9.97. The molecule has 2 N–H and O–H groups in total. The van der Waals surface area contributed by atoms with E-state index in [2.05, 4.69) is 5.10 Å². The van der Waals surface area contributed by atoms with Crippen molar-refractivity contribution in [1.29, 1.82) is 0 Å². The van der Waals surface area contributed by atoms with Crippen LogP contribution >= 0.6 is 0 Å². The van der Waals surface area contributed by atoms with Crippen molar-refractivity contribution in [2.75, 3.05) is 0 Å². The number of ether oxygens (including phenoxy) is 1.